The zero-order valence-corrected chi connectivity index (χ0v) is 9.33. The van der Waals surface area contributed by atoms with Crippen molar-refractivity contribution < 1.29 is 0 Å². The predicted octanol–water partition coefficient (Wildman–Crippen LogP) is 2.02. The van der Waals surface area contributed by atoms with Crippen molar-refractivity contribution in [3.63, 3.8) is 0 Å². The summed E-state index contributed by atoms with van der Waals surface area (Å²) in [6.07, 6.45) is 0. The Morgan fingerprint density at radius 2 is 1.85 bits per heavy atom. The van der Waals surface area contributed by atoms with Gasteiger partial charge in [0.15, 0.2) is 0 Å². The molecule has 0 atom stereocenters. The number of nitrogens with two attached hydrogens (primary N) is 2. The molecule has 0 aliphatic rings. The van der Waals surface area contributed by atoms with Crippen molar-refractivity contribution in [3.8, 4) is 0 Å². The fourth-order valence-electron chi connectivity index (χ4n) is 1.27. The molecule has 0 aromatic heterocycles. The van der Waals surface area contributed by atoms with Crippen LogP contribution in [0.25, 0.3) is 0 Å². The molecule has 0 radical (unpaired) electrons. The molecule has 2 nitrogen and oxygen atoms in total. The maximum atomic E-state index is 5.91. The molecule has 1 aromatic carbocycles. The van der Waals surface area contributed by atoms with Crippen LogP contribution in [0.2, 0.25) is 0 Å². The highest BCUT2D eigenvalue weighted by atomic mass is 32.1. The van der Waals surface area contributed by atoms with Crippen molar-refractivity contribution in [1.82, 2.24) is 0 Å². The van der Waals surface area contributed by atoms with Gasteiger partial charge in [0, 0.05) is 22.9 Å². The Morgan fingerprint density at radius 3 is 2.31 bits per heavy atom. The fraction of sp³-hybridized carbons (Fsp3) is 0.333. The standard InChI is InChI=1S/C9H14N2S2/c1-5-8(10)2-6(3-12)7(4-13)9(5)11/h2,12-13H,3-4,10-11H2,1H3. The number of hydrogen-bond donors (Lipinski definition) is 4. The van der Waals surface area contributed by atoms with Gasteiger partial charge in [-0.25, -0.2) is 0 Å². The molecule has 0 heterocycles. The van der Waals surface area contributed by atoms with Gasteiger partial charge in [-0.2, -0.15) is 25.3 Å². The molecular weight excluding hydrogens is 200 g/mol. The van der Waals surface area contributed by atoms with Crippen LogP contribution in [0.5, 0.6) is 0 Å². The van der Waals surface area contributed by atoms with Crippen LogP contribution in [-0.2, 0) is 11.5 Å². The summed E-state index contributed by atoms with van der Waals surface area (Å²) in [5, 5.41) is 0. The van der Waals surface area contributed by atoms with E-state index in [0.29, 0.717) is 11.5 Å². The van der Waals surface area contributed by atoms with Gasteiger partial charge in [0.25, 0.3) is 0 Å². The molecule has 0 aliphatic carbocycles. The molecule has 0 fully saturated rings. The minimum absolute atomic E-state index is 0.628. The minimum atomic E-state index is 0.628. The van der Waals surface area contributed by atoms with Crippen molar-refractivity contribution in [3.05, 3.63) is 22.8 Å². The second-order valence-electron chi connectivity index (χ2n) is 2.96. The van der Waals surface area contributed by atoms with Crippen molar-refractivity contribution in [2.45, 2.75) is 18.4 Å². The lowest BCUT2D eigenvalue weighted by molar-refractivity contribution is 1.27. The van der Waals surface area contributed by atoms with E-state index < -0.39 is 0 Å². The molecule has 0 unspecified atom stereocenters. The molecule has 13 heavy (non-hydrogen) atoms. The normalized spacial score (nSPS) is 10.4. The summed E-state index contributed by atoms with van der Waals surface area (Å²) in [5.74, 6) is 1.27. The number of anilines is 2. The summed E-state index contributed by atoms with van der Waals surface area (Å²) in [7, 11) is 0. The molecule has 72 valence electrons. The van der Waals surface area contributed by atoms with E-state index in [1.807, 2.05) is 13.0 Å². The predicted molar refractivity (Wildman–Crippen MR) is 65.4 cm³/mol. The van der Waals surface area contributed by atoms with Crippen molar-refractivity contribution in [2.24, 2.45) is 0 Å². The summed E-state index contributed by atoms with van der Waals surface area (Å²) in [6, 6.07) is 1.92. The van der Waals surface area contributed by atoms with Gasteiger partial charge in [0.2, 0.25) is 0 Å². The van der Waals surface area contributed by atoms with Crippen LogP contribution in [0.3, 0.4) is 0 Å². The van der Waals surface area contributed by atoms with E-state index in [1.165, 1.54) is 0 Å². The molecule has 0 spiro atoms. The molecule has 0 saturated carbocycles. The van der Waals surface area contributed by atoms with Crippen molar-refractivity contribution >= 4 is 36.6 Å². The van der Waals surface area contributed by atoms with Crippen LogP contribution < -0.4 is 11.5 Å². The molecule has 1 rings (SSSR count). The van der Waals surface area contributed by atoms with Gasteiger partial charge < -0.3 is 11.5 Å². The van der Waals surface area contributed by atoms with E-state index in [0.717, 1.165) is 28.1 Å². The Morgan fingerprint density at radius 1 is 1.23 bits per heavy atom. The molecule has 0 bridgehead atoms. The van der Waals surface area contributed by atoms with Gasteiger partial charge >= 0.3 is 0 Å². The Bertz CT molecular complexity index is 324. The molecule has 4 N–H and O–H groups in total. The summed E-state index contributed by atoms with van der Waals surface area (Å²) < 4.78 is 0. The zero-order chi connectivity index (χ0) is 10.0. The van der Waals surface area contributed by atoms with E-state index in [4.69, 9.17) is 11.5 Å². The molecular formula is C9H14N2S2. The summed E-state index contributed by atoms with van der Waals surface area (Å²) in [4.78, 5) is 0. The van der Waals surface area contributed by atoms with Gasteiger partial charge in [-0.05, 0) is 29.7 Å². The highest BCUT2D eigenvalue weighted by Gasteiger charge is 2.09. The SMILES string of the molecule is Cc1c(N)cc(CS)c(CS)c1N. The number of nitrogen functional groups attached to an aromatic ring is 2. The maximum Gasteiger partial charge on any atom is 0.0408 e. The monoisotopic (exact) mass is 214 g/mol. The van der Waals surface area contributed by atoms with E-state index in [1.54, 1.807) is 0 Å². The quantitative estimate of drug-likeness (QED) is 0.450. The number of hydrogen-bond acceptors (Lipinski definition) is 4. The first kappa shape index (κ1) is 10.6. The van der Waals surface area contributed by atoms with Crippen LogP contribution in [0.4, 0.5) is 11.4 Å². The molecule has 0 saturated heterocycles. The van der Waals surface area contributed by atoms with Gasteiger partial charge in [0.1, 0.15) is 0 Å². The summed E-state index contributed by atoms with van der Waals surface area (Å²) >= 11 is 8.45. The van der Waals surface area contributed by atoms with Gasteiger partial charge in [-0.15, -0.1) is 0 Å². The average Bonchev–Trinajstić information content (AvgIpc) is 2.13. The summed E-state index contributed by atoms with van der Waals surface area (Å²) in [6.45, 7) is 1.92. The maximum absolute atomic E-state index is 5.91. The zero-order valence-electron chi connectivity index (χ0n) is 7.54. The van der Waals surface area contributed by atoms with Gasteiger partial charge in [-0.1, -0.05) is 0 Å². The van der Waals surface area contributed by atoms with Crippen LogP contribution in [0, 0.1) is 6.92 Å². The largest absolute Gasteiger partial charge is 0.398 e. The lowest BCUT2D eigenvalue weighted by Gasteiger charge is -2.13. The minimum Gasteiger partial charge on any atom is -0.398 e. The topological polar surface area (TPSA) is 52.0 Å². The fourth-order valence-corrected chi connectivity index (χ4v) is 1.92. The van der Waals surface area contributed by atoms with Crippen LogP contribution in [0.15, 0.2) is 6.07 Å². The van der Waals surface area contributed by atoms with Gasteiger partial charge in [0.05, 0.1) is 0 Å². The second-order valence-corrected chi connectivity index (χ2v) is 3.59. The number of benzene rings is 1. The molecule has 1 aromatic rings. The third-order valence-corrected chi connectivity index (χ3v) is 2.86. The number of thiol groups is 2. The molecule has 0 aliphatic heterocycles. The first-order valence-electron chi connectivity index (χ1n) is 3.99. The first-order valence-corrected chi connectivity index (χ1v) is 5.26. The van der Waals surface area contributed by atoms with E-state index >= 15 is 0 Å². The Kier molecular flexibility index (Phi) is 3.39. The van der Waals surface area contributed by atoms with Crippen molar-refractivity contribution in [2.75, 3.05) is 11.5 Å². The molecule has 4 heteroatoms. The average molecular weight is 214 g/mol. The van der Waals surface area contributed by atoms with E-state index in [9.17, 15) is 0 Å². The smallest absolute Gasteiger partial charge is 0.0408 e. The van der Waals surface area contributed by atoms with Crippen molar-refractivity contribution in [1.29, 1.82) is 0 Å². The van der Waals surface area contributed by atoms with Crippen LogP contribution in [-0.4, -0.2) is 0 Å². The van der Waals surface area contributed by atoms with Gasteiger partial charge in [-0.3, -0.25) is 0 Å². The number of rotatable bonds is 2. The first-order chi connectivity index (χ1) is 6.11. The third-order valence-electron chi connectivity index (χ3n) is 2.21. The lowest BCUT2D eigenvalue weighted by Crippen LogP contribution is -2.03. The Balaban J connectivity index is 3.39. The second kappa shape index (κ2) is 4.15. The van der Waals surface area contributed by atoms with E-state index in [2.05, 4.69) is 25.3 Å². The Labute approximate surface area is 89.5 Å². The highest BCUT2D eigenvalue weighted by Crippen LogP contribution is 2.28. The third kappa shape index (κ3) is 1.89. The van der Waals surface area contributed by atoms with Crippen LogP contribution >= 0.6 is 25.3 Å². The highest BCUT2D eigenvalue weighted by molar-refractivity contribution is 7.79. The van der Waals surface area contributed by atoms with Crippen LogP contribution in [0.1, 0.15) is 16.7 Å². The van der Waals surface area contributed by atoms with E-state index in [-0.39, 0.29) is 0 Å². The Hall–Kier alpha value is -0.480. The molecule has 0 amide bonds. The lowest BCUT2D eigenvalue weighted by atomic mass is 10.0. The summed E-state index contributed by atoms with van der Waals surface area (Å²) in [5.41, 5.74) is 16.2.